The molecule has 5 heteroatoms. The lowest BCUT2D eigenvalue weighted by Gasteiger charge is -2.20. The maximum Gasteiger partial charge on any atom is 0.148 e. The number of rotatable bonds is 5. The van der Waals surface area contributed by atoms with Gasteiger partial charge in [-0.2, -0.15) is 11.8 Å². The van der Waals surface area contributed by atoms with Gasteiger partial charge >= 0.3 is 0 Å². The molecule has 0 spiro atoms. The molecule has 1 aliphatic rings. The fourth-order valence-electron chi connectivity index (χ4n) is 2.20. The van der Waals surface area contributed by atoms with Gasteiger partial charge in [-0.25, -0.2) is 0 Å². The van der Waals surface area contributed by atoms with E-state index in [0.717, 1.165) is 16.1 Å². The standard InChI is InChI=1S/C12H19N3S2/c1-3-17-10-6-4-5-9(10)13-11-7-8-12(16-2)15-14-11/h7-10H,3-6H2,1-2H3,(H,13,14). The third-order valence-corrected chi connectivity index (χ3v) is 4.98. The third-order valence-electron chi connectivity index (χ3n) is 3.02. The van der Waals surface area contributed by atoms with Gasteiger partial charge in [-0.15, -0.1) is 22.0 Å². The summed E-state index contributed by atoms with van der Waals surface area (Å²) >= 11 is 3.68. The summed E-state index contributed by atoms with van der Waals surface area (Å²) in [6.07, 6.45) is 5.92. The van der Waals surface area contributed by atoms with E-state index in [4.69, 9.17) is 0 Å². The summed E-state index contributed by atoms with van der Waals surface area (Å²) in [4.78, 5) is 0. The molecule has 2 rings (SSSR count). The molecule has 0 amide bonds. The lowest BCUT2D eigenvalue weighted by Crippen LogP contribution is -2.26. The first-order valence-corrected chi connectivity index (χ1v) is 8.36. The van der Waals surface area contributed by atoms with Crippen molar-refractivity contribution >= 4 is 29.3 Å². The molecule has 17 heavy (non-hydrogen) atoms. The summed E-state index contributed by atoms with van der Waals surface area (Å²) in [5, 5.41) is 13.6. The summed E-state index contributed by atoms with van der Waals surface area (Å²) in [7, 11) is 0. The first-order valence-electron chi connectivity index (χ1n) is 6.09. The molecule has 0 aliphatic heterocycles. The van der Waals surface area contributed by atoms with Crippen LogP contribution in [0.1, 0.15) is 26.2 Å². The SMILES string of the molecule is CCSC1CCCC1Nc1ccc(SC)nn1. The molecule has 0 bridgehead atoms. The minimum atomic E-state index is 0.564. The van der Waals surface area contributed by atoms with Crippen LogP contribution in [0.4, 0.5) is 5.82 Å². The van der Waals surface area contributed by atoms with Crippen LogP contribution >= 0.6 is 23.5 Å². The fourth-order valence-corrected chi connectivity index (χ4v) is 3.73. The number of anilines is 1. The van der Waals surface area contributed by atoms with Gasteiger partial charge in [-0.1, -0.05) is 13.3 Å². The van der Waals surface area contributed by atoms with Crippen molar-refractivity contribution in [3.8, 4) is 0 Å². The maximum atomic E-state index is 4.22. The van der Waals surface area contributed by atoms with E-state index in [2.05, 4.69) is 34.2 Å². The summed E-state index contributed by atoms with van der Waals surface area (Å²) in [6.45, 7) is 2.23. The van der Waals surface area contributed by atoms with Gasteiger partial charge in [0.05, 0.1) is 0 Å². The number of aromatic nitrogens is 2. The predicted octanol–water partition coefficient (Wildman–Crippen LogP) is 3.28. The van der Waals surface area contributed by atoms with Gasteiger partial charge in [0.15, 0.2) is 0 Å². The molecule has 1 saturated carbocycles. The van der Waals surface area contributed by atoms with Gasteiger partial charge in [0.25, 0.3) is 0 Å². The van der Waals surface area contributed by atoms with Crippen LogP contribution in [-0.2, 0) is 0 Å². The topological polar surface area (TPSA) is 37.8 Å². The molecule has 1 aliphatic carbocycles. The lowest BCUT2D eigenvalue weighted by molar-refractivity contribution is 0.754. The summed E-state index contributed by atoms with van der Waals surface area (Å²) in [5.74, 6) is 2.11. The number of hydrogen-bond donors (Lipinski definition) is 1. The van der Waals surface area contributed by atoms with Crippen molar-refractivity contribution in [1.29, 1.82) is 0 Å². The zero-order valence-electron chi connectivity index (χ0n) is 10.3. The number of hydrogen-bond acceptors (Lipinski definition) is 5. The van der Waals surface area contributed by atoms with E-state index in [1.807, 2.05) is 18.4 Å². The van der Waals surface area contributed by atoms with Crippen molar-refractivity contribution in [3.05, 3.63) is 12.1 Å². The van der Waals surface area contributed by atoms with Gasteiger partial charge in [0.2, 0.25) is 0 Å². The predicted molar refractivity (Wildman–Crippen MR) is 77.0 cm³/mol. The smallest absolute Gasteiger partial charge is 0.148 e. The Morgan fingerprint density at radius 3 is 2.88 bits per heavy atom. The average molecular weight is 269 g/mol. The molecule has 0 radical (unpaired) electrons. The second-order valence-electron chi connectivity index (χ2n) is 4.14. The Kier molecular flexibility index (Phi) is 4.98. The molecule has 94 valence electrons. The second kappa shape index (κ2) is 6.50. The van der Waals surface area contributed by atoms with Gasteiger partial charge in [-0.3, -0.25) is 0 Å². The Hall–Kier alpha value is -0.420. The third kappa shape index (κ3) is 3.52. The molecule has 0 aromatic carbocycles. The Labute approximate surface area is 112 Å². The molecule has 1 N–H and O–H groups in total. The quantitative estimate of drug-likeness (QED) is 0.830. The Morgan fingerprint density at radius 1 is 1.35 bits per heavy atom. The van der Waals surface area contributed by atoms with Crippen LogP contribution in [0.25, 0.3) is 0 Å². The first-order chi connectivity index (χ1) is 8.33. The molecule has 2 unspecified atom stereocenters. The summed E-state index contributed by atoms with van der Waals surface area (Å²) < 4.78 is 0. The van der Waals surface area contributed by atoms with E-state index in [-0.39, 0.29) is 0 Å². The van der Waals surface area contributed by atoms with E-state index >= 15 is 0 Å². The van der Waals surface area contributed by atoms with Crippen molar-refractivity contribution in [3.63, 3.8) is 0 Å². The zero-order valence-corrected chi connectivity index (χ0v) is 12.0. The van der Waals surface area contributed by atoms with Crippen LogP contribution in [0.3, 0.4) is 0 Å². The van der Waals surface area contributed by atoms with Crippen LogP contribution in [0.5, 0.6) is 0 Å². The molecule has 1 heterocycles. The molecule has 0 saturated heterocycles. The van der Waals surface area contributed by atoms with E-state index in [1.165, 1.54) is 25.0 Å². The molecule has 1 aromatic heterocycles. The van der Waals surface area contributed by atoms with E-state index in [9.17, 15) is 0 Å². The normalized spacial score (nSPS) is 23.9. The highest BCUT2D eigenvalue weighted by Gasteiger charge is 2.27. The molecular formula is C12H19N3S2. The minimum absolute atomic E-state index is 0.564. The van der Waals surface area contributed by atoms with Crippen LogP contribution in [-0.4, -0.2) is 33.5 Å². The largest absolute Gasteiger partial charge is 0.365 e. The van der Waals surface area contributed by atoms with Crippen molar-refractivity contribution < 1.29 is 0 Å². The lowest BCUT2D eigenvalue weighted by atomic mass is 10.2. The van der Waals surface area contributed by atoms with Crippen LogP contribution < -0.4 is 5.32 Å². The molecular weight excluding hydrogens is 250 g/mol. The van der Waals surface area contributed by atoms with Gasteiger partial charge in [0.1, 0.15) is 10.8 Å². The Bertz CT molecular complexity index is 342. The van der Waals surface area contributed by atoms with Crippen LogP contribution in [0.15, 0.2) is 17.2 Å². The van der Waals surface area contributed by atoms with E-state index in [1.54, 1.807) is 11.8 Å². The van der Waals surface area contributed by atoms with E-state index < -0.39 is 0 Å². The fraction of sp³-hybridized carbons (Fsp3) is 0.667. The number of nitrogens with one attached hydrogen (secondary N) is 1. The summed E-state index contributed by atoms with van der Waals surface area (Å²) in [6, 6.07) is 4.62. The van der Waals surface area contributed by atoms with Gasteiger partial charge in [-0.05, 0) is 37.0 Å². The van der Waals surface area contributed by atoms with Crippen molar-refractivity contribution in [2.24, 2.45) is 0 Å². The van der Waals surface area contributed by atoms with Crippen molar-refractivity contribution in [2.75, 3.05) is 17.3 Å². The molecule has 1 fully saturated rings. The Morgan fingerprint density at radius 2 is 2.24 bits per heavy atom. The second-order valence-corrected chi connectivity index (χ2v) is 6.48. The Balaban J connectivity index is 1.94. The van der Waals surface area contributed by atoms with Crippen LogP contribution in [0, 0.1) is 0 Å². The molecule has 2 atom stereocenters. The first kappa shape index (κ1) is 13.0. The highest BCUT2D eigenvalue weighted by Crippen LogP contribution is 2.31. The average Bonchev–Trinajstić information content (AvgIpc) is 2.78. The van der Waals surface area contributed by atoms with Crippen molar-refractivity contribution in [1.82, 2.24) is 10.2 Å². The number of thioether (sulfide) groups is 2. The van der Waals surface area contributed by atoms with Crippen LogP contribution in [0.2, 0.25) is 0 Å². The molecule has 1 aromatic rings. The minimum Gasteiger partial charge on any atom is -0.365 e. The highest BCUT2D eigenvalue weighted by molar-refractivity contribution is 7.99. The highest BCUT2D eigenvalue weighted by atomic mass is 32.2. The summed E-state index contributed by atoms with van der Waals surface area (Å²) in [5.41, 5.74) is 0. The van der Waals surface area contributed by atoms with E-state index in [0.29, 0.717) is 6.04 Å². The van der Waals surface area contributed by atoms with Gasteiger partial charge in [0, 0.05) is 11.3 Å². The number of nitrogens with zero attached hydrogens (tertiary/aromatic N) is 2. The molecule has 3 nitrogen and oxygen atoms in total. The monoisotopic (exact) mass is 269 g/mol. The zero-order chi connectivity index (χ0) is 12.1. The van der Waals surface area contributed by atoms with Crippen molar-refractivity contribution in [2.45, 2.75) is 42.5 Å². The maximum absolute atomic E-state index is 4.22. The van der Waals surface area contributed by atoms with Gasteiger partial charge < -0.3 is 5.32 Å².